The molecule has 0 aromatic carbocycles. The average molecular weight is 408 g/mol. The van der Waals surface area contributed by atoms with Gasteiger partial charge in [0, 0.05) is 52.4 Å². The molecule has 29 heavy (non-hydrogen) atoms. The van der Waals surface area contributed by atoms with Gasteiger partial charge in [0.1, 0.15) is 6.54 Å². The smallest absolute Gasteiger partial charge is 0.243 e. The molecule has 3 unspecified atom stereocenters. The summed E-state index contributed by atoms with van der Waals surface area (Å²) in [7, 11) is 3.57. The Kier molecular flexibility index (Phi) is 8.60. The largest absolute Gasteiger partial charge is 0.381 e. The van der Waals surface area contributed by atoms with Gasteiger partial charge in [0.05, 0.1) is 6.61 Å². The van der Waals surface area contributed by atoms with E-state index in [1.807, 2.05) is 0 Å². The lowest BCUT2D eigenvalue weighted by Gasteiger charge is -2.36. The fourth-order valence-corrected chi connectivity index (χ4v) is 4.67. The van der Waals surface area contributed by atoms with E-state index in [0.29, 0.717) is 23.9 Å². The highest BCUT2D eigenvalue weighted by Crippen LogP contribution is 2.24. The molecule has 3 rings (SSSR count). The lowest BCUT2D eigenvalue weighted by molar-refractivity contribution is -0.127. The Balaban J connectivity index is 1.51. The molecule has 2 heterocycles. The SMILES string of the molecule is CC1CCCCC1NC(=NCC(=O)N(C)C)NC1CCN(CC2CCOC2)CC1. The minimum Gasteiger partial charge on any atom is -0.381 e. The Morgan fingerprint density at radius 3 is 2.52 bits per heavy atom. The van der Waals surface area contributed by atoms with Crippen LogP contribution in [-0.4, -0.2) is 87.2 Å². The van der Waals surface area contributed by atoms with Gasteiger partial charge in [0.2, 0.25) is 5.91 Å². The van der Waals surface area contributed by atoms with Crippen LogP contribution in [0.25, 0.3) is 0 Å². The van der Waals surface area contributed by atoms with Crippen LogP contribution >= 0.6 is 0 Å². The second kappa shape index (κ2) is 11.2. The Hall–Kier alpha value is -1.34. The van der Waals surface area contributed by atoms with Crippen LogP contribution in [0.3, 0.4) is 0 Å². The molecule has 2 aliphatic heterocycles. The Morgan fingerprint density at radius 1 is 1.10 bits per heavy atom. The second-order valence-electron chi connectivity index (χ2n) is 9.41. The van der Waals surface area contributed by atoms with Crippen molar-refractivity contribution in [3.05, 3.63) is 0 Å². The van der Waals surface area contributed by atoms with E-state index in [1.54, 1.807) is 19.0 Å². The third kappa shape index (κ3) is 7.14. The molecule has 3 atom stereocenters. The third-order valence-corrected chi connectivity index (χ3v) is 6.77. The number of guanidine groups is 1. The summed E-state index contributed by atoms with van der Waals surface area (Å²) in [4.78, 5) is 20.9. The number of amides is 1. The minimum atomic E-state index is 0.0383. The van der Waals surface area contributed by atoms with Gasteiger partial charge in [-0.05, 0) is 43.9 Å². The zero-order chi connectivity index (χ0) is 20.6. The molecular weight excluding hydrogens is 366 g/mol. The first-order chi connectivity index (χ1) is 14.0. The van der Waals surface area contributed by atoms with Crippen LogP contribution in [0.15, 0.2) is 4.99 Å². The molecule has 1 amide bonds. The number of piperidine rings is 1. The normalized spacial score (nSPS) is 29.6. The van der Waals surface area contributed by atoms with Crippen molar-refractivity contribution < 1.29 is 9.53 Å². The number of hydrogen-bond donors (Lipinski definition) is 2. The number of nitrogens with one attached hydrogen (secondary N) is 2. The summed E-state index contributed by atoms with van der Waals surface area (Å²) in [5.74, 6) is 2.22. The molecule has 2 saturated heterocycles. The van der Waals surface area contributed by atoms with Crippen LogP contribution in [-0.2, 0) is 9.53 Å². The van der Waals surface area contributed by atoms with Crippen molar-refractivity contribution in [3.8, 4) is 0 Å². The molecule has 1 aliphatic carbocycles. The van der Waals surface area contributed by atoms with Gasteiger partial charge >= 0.3 is 0 Å². The van der Waals surface area contributed by atoms with Gasteiger partial charge in [-0.3, -0.25) is 4.79 Å². The van der Waals surface area contributed by atoms with E-state index in [-0.39, 0.29) is 12.5 Å². The van der Waals surface area contributed by atoms with E-state index in [2.05, 4.69) is 27.4 Å². The van der Waals surface area contributed by atoms with Gasteiger partial charge in [-0.1, -0.05) is 19.8 Å². The van der Waals surface area contributed by atoms with E-state index in [9.17, 15) is 4.79 Å². The number of ether oxygens (including phenoxy) is 1. The fourth-order valence-electron chi connectivity index (χ4n) is 4.67. The topological polar surface area (TPSA) is 69.2 Å². The quantitative estimate of drug-likeness (QED) is 0.518. The fraction of sp³-hybridized carbons (Fsp3) is 0.909. The van der Waals surface area contributed by atoms with Crippen LogP contribution in [0.2, 0.25) is 0 Å². The summed E-state index contributed by atoms with van der Waals surface area (Å²) < 4.78 is 5.52. The van der Waals surface area contributed by atoms with E-state index in [0.717, 1.165) is 45.1 Å². The molecule has 0 aromatic heterocycles. The van der Waals surface area contributed by atoms with Crippen molar-refractivity contribution in [2.24, 2.45) is 16.8 Å². The number of carbonyl (C=O) groups is 1. The monoisotopic (exact) mass is 407 g/mol. The number of carbonyl (C=O) groups excluding carboxylic acids is 1. The van der Waals surface area contributed by atoms with Crippen LogP contribution in [0, 0.1) is 11.8 Å². The molecule has 3 fully saturated rings. The molecule has 7 nitrogen and oxygen atoms in total. The molecular formula is C22H41N5O2. The Labute approximate surface area is 176 Å². The lowest BCUT2D eigenvalue weighted by atomic mass is 9.86. The summed E-state index contributed by atoms with van der Waals surface area (Å²) in [6, 6.07) is 0.873. The van der Waals surface area contributed by atoms with Gasteiger partial charge in [0.15, 0.2) is 5.96 Å². The van der Waals surface area contributed by atoms with Gasteiger partial charge in [-0.15, -0.1) is 0 Å². The summed E-state index contributed by atoms with van der Waals surface area (Å²) in [5.41, 5.74) is 0. The number of likely N-dealkylation sites (tertiary alicyclic amines) is 1. The zero-order valence-electron chi connectivity index (χ0n) is 18.7. The van der Waals surface area contributed by atoms with Crippen molar-refractivity contribution in [2.45, 2.75) is 64.0 Å². The highest BCUT2D eigenvalue weighted by molar-refractivity contribution is 5.85. The van der Waals surface area contributed by atoms with Crippen molar-refractivity contribution in [1.29, 1.82) is 0 Å². The lowest BCUT2D eigenvalue weighted by Crippen LogP contribution is -2.53. The standard InChI is InChI=1S/C22H41N5O2/c1-17-6-4-5-7-20(17)25-22(23-14-21(28)26(2)3)24-19-8-11-27(12-9-19)15-18-10-13-29-16-18/h17-20H,4-16H2,1-3H3,(H2,23,24,25). The third-order valence-electron chi connectivity index (χ3n) is 6.77. The molecule has 0 spiro atoms. The predicted octanol–water partition coefficient (Wildman–Crippen LogP) is 1.69. The van der Waals surface area contributed by atoms with Crippen molar-refractivity contribution in [2.75, 3.05) is 53.5 Å². The van der Waals surface area contributed by atoms with Gasteiger partial charge in [-0.2, -0.15) is 0 Å². The second-order valence-corrected chi connectivity index (χ2v) is 9.41. The highest BCUT2D eigenvalue weighted by atomic mass is 16.5. The Bertz CT molecular complexity index is 539. The molecule has 2 N–H and O–H groups in total. The Morgan fingerprint density at radius 2 is 1.86 bits per heavy atom. The van der Waals surface area contributed by atoms with Gasteiger partial charge in [-0.25, -0.2) is 4.99 Å². The highest BCUT2D eigenvalue weighted by Gasteiger charge is 2.26. The molecule has 3 aliphatic rings. The first-order valence-corrected chi connectivity index (χ1v) is 11.6. The van der Waals surface area contributed by atoms with Crippen molar-refractivity contribution in [1.82, 2.24) is 20.4 Å². The number of likely N-dealkylation sites (N-methyl/N-ethyl adjacent to an activating group) is 1. The van der Waals surface area contributed by atoms with Crippen LogP contribution < -0.4 is 10.6 Å². The maximum atomic E-state index is 12.1. The van der Waals surface area contributed by atoms with E-state index in [4.69, 9.17) is 4.74 Å². The summed E-state index contributed by atoms with van der Waals surface area (Å²) in [6.45, 7) is 7.80. The van der Waals surface area contributed by atoms with E-state index < -0.39 is 0 Å². The molecule has 0 bridgehead atoms. The maximum Gasteiger partial charge on any atom is 0.243 e. The first kappa shape index (κ1) is 22.3. The van der Waals surface area contributed by atoms with Gasteiger partial charge in [0.25, 0.3) is 0 Å². The molecule has 0 radical (unpaired) electrons. The van der Waals surface area contributed by atoms with Crippen LogP contribution in [0.1, 0.15) is 51.9 Å². The minimum absolute atomic E-state index is 0.0383. The van der Waals surface area contributed by atoms with E-state index in [1.165, 1.54) is 38.6 Å². The molecule has 7 heteroatoms. The van der Waals surface area contributed by atoms with E-state index >= 15 is 0 Å². The zero-order valence-corrected chi connectivity index (χ0v) is 18.7. The summed E-state index contributed by atoms with van der Waals surface area (Å²) in [5, 5.41) is 7.30. The summed E-state index contributed by atoms with van der Waals surface area (Å²) >= 11 is 0. The number of hydrogen-bond acceptors (Lipinski definition) is 4. The van der Waals surface area contributed by atoms with Crippen molar-refractivity contribution in [3.63, 3.8) is 0 Å². The molecule has 166 valence electrons. The van der Waals surface area contributed by atoms with Crippen LogP contribution in [0.5, 0.6) is 0 Å². The number of rotatable bonds is 6. The number of aliphatic imine (C=N–C) groups is 1. The predicted molar refractivity (Wildman–Crippen MR) is 117 cm³/mol. The molecule has 0 aromatic rings. The molecule has 1 saturated carbocycles. The first-order valence-electron chi connectivity index (χ1n) is 11.6. The average Bonchev–Trinajstić information content (AvgIpc) is 3.22. The van der Waals surface area contributed by atoms with Crippen molar-refractivity contribution >= 4 is 11.9 Å². The number of nitrogens with zero attached hydrogens (tertiary/aromatic N) is 3. The summed E-state index contributed by atoms with van der Waals surface area (Å²) in [6.07, 6.45) is 8.50. The van der Waals surface area contributed by atoms with Crippen LogP contribution in [0.4, 0.5) is 0 Å². The van der Waals surface area contributed by atoms with Gasteiger partial charge < -0.3 is 25.2 Å². The maximum absolute atomic E-state index is 12.1.